The smallest absolute Gasteiger partial charge is 0.234 e. The van der Waals surface area contributed by atoms with Gasteiger partial charge >= 0.3 is 0 Å². The van der Waals surface area contributed by atoms with Crippen molar-refractivity contribution in [3.63, 3.8) is 0 Å². The zero-order chi connectivity index (χ0) is 16.5. The topological polar surface area (TPSA) is 61.4 Å². The summed E-state index contributed by atoms with van der Waals surface area (Å²) in [6.07, 6.45) is 0. The van der Waals surface area contributed by atoms with Crippen molar-refractivity contribution in [3.8, 4) is 0 Å². The van der Waals surface area contributed by atoms with E-state index in [9.17, 15) is 9.59 Å². The molecule has 2 amide bonds. The molecule has 0 atom stereocenters. The fraction of sp³-hybridized carbons (Fsp3) is 0.529. The summed E-state index contributed by atoms with van der Waals surface area (Å²) in [5, 5.41) is 5.42. The number of likely N-dealkylation sites (N-methyl/N-ethyl adjacent to an activating group) is 1. The summed E-state index contributed by atoms with van der Waals surface area (Å²) >= 11 is 0. The van der Waals surface area contributed by atoms with Crippen molar-refractivity contribution in [3.05, 3.63) is 35.4 Å². The molecule has 0 fully saturated rings. The molecule has 5 nitrogen and oxygen atoms in total. The number of benzene rings is 1. The Bertz CT molecular complexity index is 483. The van der Waals surface area contributed by atoms with Crippen LogP contribution in [-0.4, -0.2) is 43.4 Å². The van der Waals surface area contributed by atoms with Gasteiger partial charge in [0.2, 0.25) is 11.8 Å². The number of hydrogen-bond donors (Lipinski definition) is 2. The largest absolute Gasteiger partial charge is 0.355 e. The van der Waals surface area contributed by atoms with Gasteiger partial charge in [-0.2, -0.15) is 0 Å². The molecule has 0 radical (unpaired) electrons. The molecule has 122 valence electrons. The second-order valence-corrected chi connectivity index (χ2v) is 5.90. The summed E-state index contributed by atoms with van der Waals surface area (Å²) < 4.78 is 0. The highest BCUT2D eigenvalue weighted by atomic mass is 16.2. The predicted molar refractivity (Wildman–Crippen MR) is 88.6 cm³/mol. The maximum atomic E-state index is 11.8. The standard InChI is InChI=1S/C17H27N3O2/c1-13(2)16-7-5-15(6-8-16)11-20(4)12-17(22)19-10-9-18-14(3)21/h5-8,13H,9-12H2,1-4H3,(H,18,21)(H,19,22). The molecule has 0 saturated heterocycles. The van der Waals surface area contributed by atoms with Crippen LogP contribution in [0.1, 0.15) is 37.8 Å². The Labute approximate surface area is 133 Å². The number of amides is 2. The maximum absolute atomic E-state index is 11.8. The molecule has 0 saturated carbocycles. The lowest BCUT2D eigenvalue weighted by molar-refractivity contribution is -0.122. The first-order valence-electron chi connectivity index (χ1n) is 7.67. The van der Waals surface area contributed by atoms with Crippen LogP contribution in [0, 0.1) is 0 Å². The number of carbonyl (C=O) groups is 2. The average molecular weight is 305 g/mol. The summed E-state index contributed by atoms with van der Waals surface area (Å²) in [7, 11) is 1.92. The van der Waals surface area contributed by atoms with Crippen molar-refractivity contribution in [2.45, 2.75) is 33.2 Å². The SMILES string of the molecule is CC(=O)NCCNC(=O)CN(C)Cc1ccc(C(C)C)cc1. The fourth-order valence-electron chi connectivity index (χ4n) is 2.12. The molecule has 0 heterocycles. The van der Waals surface area contributed by atoms with E-state index in [0.29, 0.717) is 25.6 Å². The number of rotatable bonds is 8. The highest BCUT2D eigenvalue weighted by molar-refractivity contribution is 5.78. The Morgan fingerprint density at radius 2 is 1.68 bits per heavy atom. The van der Waals surface area contributed by atoms with Crippen LogP contribution >= 0.6 is 0 Å². The molecule has 0 aliphatic carbocycles. The number of nitrogens with one attached hydrogen (secondary N) is 2. The van der Waals surface area contributed by atoms with Gasteiger partial charge in [-0.3, -0.25) is 14.5 Å². The Balaban J connectivity index is 2.31. The number of nitrogens with zero attached hydrogens (tertiary/aromatic N) is 1. The second kappa shape index (κ2) is 9.20. The van der Waals surface area contributed by atoms with Gasteiger partial charge in [0.1, 0.15) is 0 Å². The van der Waals surface area contributed by atoms with E-state index in [4.69, 9.17) is 0 Å². The van der Waals surface area contributed by atoms with E-state index in [0.717, 1.165) is 6.54 Å². The number of carbonyl (C=O) groups excluding carboxylic acids is 2. The summed E-state index contributed by atoms with van der Waals surface area (Å²) in [5.41, 5.74) is 2.51. The van der Waals surface area contributed by atoms with Crippen molar-refractivity contribution in [2.24, 2.45) is 0 Å². The molecule has 22 heavy (non-hydrogen) atoms. The minimum Gasteiger partial charge on any atom is -0.355 e. The molecule has 0 aromatic heterocycles. The molecule has 5 heteroatoms. The van der Waals surface area contributed by atoms with Gasteiger partial charge in [0.25, 0.3) is 0 Å². The Morgan fingerprint density at radius 3 is 2.23 bits per heavy atom. The van der Waals surface area contributed by atoms with Gasteiger partial charge in [0.05, 0.1) is 6.54 Å². The van der Waals surface area contributed by atoms with Crippen LogP contribution in [0.3, 0.4) is 0 Å². The Hall–Kier alpha value is -1.88. The van der Waals surface area contributed by atoms with Crippen LogP contribution in [0.4, 0.5) is 0 Å². The van der Waals surface area contributed by atoms with Gasteiger partial charge in [-0.05, 0) is 24.1 Å². The lowest BCUT2D eigenvalue weighted by Crippen LogP contribution is -2.38. The quantitative estimate of drug-likeness (QED) is 0.715. The summed E-state index contributed by atoms with van der Waals surface area (Å²) in [6, 6.07) is 8.50. The van der Waals surface area contributed by atoms with Crippen LogP contribution in [0.15, 0.2) is 24.3 Å². The molecule has 0 unspecified atom stereocenters. The van der Waals surface area contributed by atoms with Crippen LogP contribution in [0.25, 0.3) is 0 Å². The van der Waals surface area contributed by atoms with Crippen LogP contribution in [-0.2, 0) is 16.1 Å². The first-order chi connectivity index (χ1) is 10.4. The normalized spacial score (nSPS) is 10.8. The predicted octanol–water partition coefficient (Wildman–Crippen LogP) is 1.49. The van der Waals surface area contributed by atoms with E-state index in [1.165, 1.54) is 18.1 Å². The van der Waals surface area contributed by atoms with Gasteiger partial charge in [0.15, 0.2) is 0 Å². The van der Waals surface area contributed by atoms with E-state index in [-0.39, 0.29) is 11.8 Å². The molecule has 1 aromatic carbocycles. The first kappa shape index (κ1) is 18.2. The molecule has 0 bridgehead atoms. The highest BCUT2D eigenvalue weighted by Crippen LogP contribution is 2.15. The molecule has 2 N–H and O–H groups in total. The molecular formula is C17H27N3O2. The molecule has 0 aliphatic heterocycles. The van der Waals surface area contributed by atoms with Crippen LogP contribution < -0.4 is 10.6 Å². The number of hydrogen-bond acceptors (Lipinski definition) is 3. The third kappa shape index (κ3) is 7.22. The summed E-state index contributed by atoms with van der Waals surface area (Å²) in [5.74, 6) is 0.407. The zero-order valence-corrected chi connectivity index (χ0v) is 14.0. The average Bonchev–Trinajstić information content (AvgIpc) is 2.43. The molecule has 1 aromatic rings. The minimum absolute atomic E-state index is 0.0355. The van der Waals surface area contributed by atoms with Crippen LogP contribution in [0.2, 0.25) is 0 Å². The van der Waals surface area contributed by atoms with Gasteiger partial charge in [-0.25, -0.2) is 0 Å². The van der Waals surface area contributed by atoms with Crippen molar-refractivity contribution in [1.29, 1.82) is 0 Å². The minimum atomic E-state index is -0.0868. The van der Waals surface area contributed by atoms with Gasteiger partial charge in [-0.15, -0.1) is 0 Å². The van der Waals surface area contributed by atoms with E-state index in [2.05, 4.69) is 48.7 Å². The molecule has 0 aliphatic rings. The molecular weight excluding hydrogens is 278 g/mol. The van der Waals surface area contributed by atoms with Crippen molar-refractivity contribution < 1.29 is 9.59 Å². The second-order valence-electron chi connectivity index (χ2n) is 5.90. The maximum Gasteiger partial charge on any atom is 0.234 e. The summed E-state index contributed by atoms with van der Waals surface area (Å²) in [4.78, 5) is 24.4. The lowest BCUT2D eigenvalue weighted by Gasteiger charge is -2.17. The van der Waals surface area contributed by atoms with Gasteiger partial charge in [0, 0.05) is 26.6 Å². The third-order valence-corrected chi connectivity index (χ3v) is 3.33. The van der Waals surface area contributed by atoms with E-state index in [1.807, 2.05) is 11.9 Å². The molecule has 0 spiro atoms. The fourth-order valence-corrected chi connectivity index (χ4v) is 2.12. The van der Waals surface area contributed by atoms with Crippen molar-refractivity contribution >= 4 is 11.8 Å². The van der Waals surface area contributed by atoms with Crippen molar-refractivity contribution in [2.75, 3.05) is 26.7 Å². The van der Waals surface area contributed by atoms with Crippen molar-refractivity contribution in [1.82, 2.24) is 15.5 Å². The first-order valence-corrected chi connectivity index (χ1v) is 7.67. The third-order valence-electron chi connectivity index (χ3n) is 3.33. The summed E-state index contributed by atoms with van der Waals surface area (Å²) in [6.45, 7) is 7.79. The Kier molecular flexibility index (Phi) is 7.60. The van der Waals surface area contributed by atoms with Crippen LogP contribution in [0.5, 0.6) is 0 Å². The molecule has 1 rings (SSSR count). The zero-order valence-electron chi connectivity index (χ0n) is 14.0. The Morgan fingerprint density at radius 1 is 1.09 bits per heavy atom. The van der Waals surface area contributed by atoms with E-state index in [1.54, 1.807) is 0 Å². The highest BCUT2D eigenvalue weighted by Gasteiger charge is 2.07. The van der Waals surface area contributed by atoms with Gasteiger partial charge < -0.3 is 10.6 Å². The lowest BCUT2D eigenvalue weighted by atomic mass is 10.0. The van der Waals surface area contributed by atoms with Gasteiger partial charge in [-0.1, -0.05) is 38.1 Å². The monoisotopic (exact) mass is 305 g/mol. The van der Waals surface area contributed by atoms with E-state index < -0.39 is 0 Å². The van der Waals surface area contributed by atoms with E-state index >= 15 is 0 Å².